The van der Waals surface area contributed by atoms with Gasteiger partial charge in [-0.3, -0.25) is 9.78 Å². The third kappa shape index (κ3) is 3.03. The van der Waals surface area contributed by atoms with Crippen molar-refractivity contribution in [2.45, 2.75) is 18.9 Å². The number of carbonyl (C=O) groups is 1. The minimum Gasteiger partial charge on any atom is -0.466 e. The van der Waals surface area contributed by atoms with Crippen molar-refractivity contribution >= 4 is 5.97 Å². The zero-order valence-corrected chi connectivity index (χ0v) is 11.3. The van der Waals surface area contributed by atoms with E-state index < -0.39 is 11.6 Å². The summed E-state index contributed by atoms with van der Waals surface area (Å²) in [6.07, 6.45) is 3.05. The topological polar surface area (TPSA) is 59.4 Å². The van der Waals surface area contributed by atoms with E-state index >= 15 is 0 Å². The first-order valence-electron chi connectivity index (χ1n) is 6.51. The maximum atomic E-state index is 11.8. The van der Waals surface area contributed by atoms with Crippen molar-refractivity contribution in [3.63, 3.8) is 0 Å². The van der Waals surface area contributed by atoms with Gasteiger partial charge in [-0.05, 0) is 30.2 Å². The summed E-state index contributed by atoms with van der Waals surface area (Å²) in [5, 5.41) is 11.0. The molecule has 1 aromatic carbocycles. The molecular weight excluding hydrogens is 254 g/mol. The summed E-state index contributed by atoms with van der Waals surface area (Å²) in [5.41, 5.74) is -0.137. The van der Waals surface area contributed by atoms with E-state index in [4.69, 9.17) is 4.74 Å². The van der Waals surface area contributed by atoms with Gasteiger partial charge in [-0.15, -0.1) is 0 Å². The molecule has 0 fully saturated rings. The number of ether oxygens (including phenoxy) is 1. The number of nitrogens with zero attached hydrogens (tertiary/aromatic N) is 1. The fourth-order valence-corrected chi connectivity index (χ4v) is 2.13. The number of aromatic nitrogens is 1. The molecule has 104 valence electrons. The Bertz CT molecular complexity index is 515. The maximum absolute atomic E-state index is 11.8. The summed E-state index contributed by atoms with van der Waals surface area (Å²) in [6, 6.07) is 12.5. The van der Waals surface area contributed by atoms with Crippen molar-refractivity contribution < 1.29 is 14.6 Å². The van der Waals surface area contributed by atoms with Crippen LogP contribution in [-0.4, -0.2) is 22.7 Å². The molecule has 1 N–H and O–H groups in total. The number of pyridine rings is 1. The molecule has 0 amide bonds. The average Bonchev–Trinajstić information content (AvgIpc) is 2.49. The van der Waals surface area contributed by atoms with Gasteiger partial charge in [0.15, 0.2) is 0 Å². The molecule has 0 radical (unpaired) electrons. The fourth-order valence-electron chi connectivity index (χ4n) is 2.13. The van der Waals surface area contributed by atoms with Gasteiger partial charge in [0, 0.05) is 12.4 Å². The first kappa shape index (κ1) is 14.2. The molecule has 0 saturated carbocycles. The van der Waals surface area contributed by atoms with Crippen LogP contribution < -0.4 is 0 Å². The Balaban J connectivity index is 2.41. The third-order valence-corrected chi connectivity index (χ3v) is 3.11. The number of esters is 1. The summed E-state index contributed by atoms with van der Waals surface area (Å²) >= 11 is 0. The van der Waals surface area contributed by atoms with E-state index in [0.29, 0.717) is 17.7 Å². The number of hydrogen-bond acceptors (Lipinski definition) is 4. The molecule has 2 aromatic rings. The van der Waals surface area contributed by atoms with Gasteiger partial charge < -0.3 is 9.84 Å². The van der Waals surface area contributed by atoms with E-state index in [1.54, 1.807) is 43.6 Å². The van der Waals surface area contributed by atoms with Crippen LogP contribution in [0.3, 0.4) is 0 Å². The maximum Gasteiger partial charge on any atom is 0.309 e. The standard InChI is InChI=1S/C16H17NO3/c1-2-20-15(18)12-16(19,13-6-4-3-5-7-13)14-8-10-17-11-9-14/h3-11,19H,2,12H2,1H3/t16-/m1/s1. The molecule has 1 atom stereocenters. The fraction of sp³-hybridized carbons (Fsp3) is 0.250. The molecule has 0 aliphatic heterocycles. The van der Waals surface area contributed by atoms with E-state index in [1.807, 2.05) is 18.2 Å². The van der Waals surface area contributed by atoms with Crippen LogP contribution in [0.4, 0.5) is 0 Å². The Labute approximate surface area is 118 Å². The summed E-state index contributed by atoms with van der Waals surface area (Å²) in [4.78, 5) is 15.7. The van der Waals surface area contributed by atoms with E-state index in [-0.39, 0.29) is 6.42 Å². The highest BCUT2D eigenvalue weighted by atomic mass is 16.5. The second-order valence-electron chi connectivity index (χ2n) is 4.44. The lowest BCUT2D eigenvalue weighted by molar-refractivity contribution is -0.147. The molecule has 4 heteroatoms. The summed E-state index contributed by atoms with van der Waals surface area (Å²) in [7, 11) is 0. The molecule has 0 aliphatic rings. The molecule has 0 aliphatic carbocycles. The molecule has 1 heterocycles. The molecule has 0 bridgehead atoms. The van der Waals surface area contributed by atoms with Gasteiger partial charge in [0.2, 0.25) is 0 Å². The zero-order valence-electron chi connectivity index (χ0n) is 11.3. The summed E-state index contributed by atoms with van der Waals surface area (Å²) in [6.45, 7) is 2.03. The third-order valence-electron chi connectivity index (χ3n) is 3.11. The molecule has 2 rings (SSSR count). The Kier molecular flexibility index (Phi) is 4.48. The van der Waals surface area contributed by atoms with Crippen molar-refractivity contribution in [1.29, 1.82) is 0 Å². The van der Waals surface area contributed by atoms with Gasteiger partial charge in [-0.25, -0.2) is 0 Å². The van der Waals surface area contributed by atoms with Gasteiger partial charge in [-0.1, -0.05) is 30.3 Å². The van der Waals surface area contributed by atoms with Crippen LogP contribution in [0.5, 0.6) is 0 Å². The predicted molar refractivity (Wildman–Crippen MR) is 74.9 cm³/mol. The van der Waals surface area contributed by atoms with Crippen LogP contribution in [0, 0.1) is 0 Å². The Morgan fingerprint density at radius 3 is 2.35 bits per heavy atom. The second kappa shape index (κ2) is 6.30. The van der Waals surface area contributed by atoms with Crippen molar-refractivity contribution in [2.75, 3.05) is 6.61 Å². The van der Waals surface area contributed by atoms with Crippen LogP contribution in [0.2, 0.25) is 0 Å². The first-order chi connectivity index (χ1) is 9.66. The van der Waals surface area contributed by atoms with Crippen molar-refractivity contribution in [3.8, 4) is 0 Å². The van der Waals surface area contributed by atoms with Crippen molar-refractivity contribution in [2.24, 2.45) is 0 Å². The zero-order chi connectivity index (χ0) is 14.4. The van der Waals surface area contributed by atoms with Gasteiger partial charge in [-0.2, -0.15) is 0 Å². The van der Waals surface area contributed by atoms with Gasteiger partial charge in [0.1, 0.15) is 5.60 Å². The highest BCUT2D eigenvalue weighted by Gasteiger charge is 2.34. The molecule has 4 nitrogen and oxygen atoms in total. The smallest absolute Gasteiger partial charge is 0.309 e. The molecule has 0 saturated heterocycles. The molecule has 1 aromatic heterocycles. The van der Waals surface area contributed by atoms with Crippen molar-refractivity contribution in [1.82, 2.24) is 4.98 Å². The monoisotopic (exact) mass is 271 g/mol. The van der Waals surface area contributed by atoms with Crippen LogP contribution in [-0.2, 0) is 15.1 Å². The quantitative estimate of drug-likeness (QED) is 0.847. The number of benzene rings is 1. The van der Waals surface area contributed by atoms with Crippen molar-refractivity contribution in [3.05, 3.63) is 66.0 Å². The SMILES string of the molecule is CCOC(=O)C[C@@](O)(c1ccccc1)c1ccncc1. The number of aliphatic hydroxyl groups is 1. The van der Waals surface area contributed by atoms with E-state index in [0.717, 1.165) is 0 Å². The number of carbonyl (C=O) groups excluding carboxylic acids is 1. The number of hydrogen-bond donors (Lipinski definition) is 1. The summed E-state index contributed by atoms with van der Waals surface area (Å²) in [5.74, 6) is -0.435. The highest BCUT2D eigenvalue weighted by molar-refractivity contribution is 5.72. The lowest BCUT2D eigenvalue weighted by Gasteiger charge is -2.28. The van der Waals surface area contributed by atoms with Crippen LogP contribution in [0.25, 0.3) is 0 Å². The minimum absolute atomic E-state index is 0.130. The molecular formula is C16H17NO3. The van der Waals surface area contributed by atoms with Gasteiger partial charge >= 0.3 is 5.97 Å². The van der Waals surface area contributed by atoms with Crippen LogP contribution in [0.1, 0.15) is 24.5 Å². The molecule has 0 unspecified atom stereocenters. The van der Waals surface area contributed by atoms with E-state index in [1.165, 1.54) is 0 Å². The molecule has 0 spiro atoms. The first-order valence-corrected chi connectivity index (χ1v) is 6.51. The largest absolute Gasteiger partial charge is 0.466 e. The summed E-state index contributed by atoms with van der Waals surface area (Å²) < 4.78 is 4.97. The minimum atomic E-state index is -1.41. The number of rotatable bonds is 5. The van der Waals surface area contributed by atoms with Crippen LogP contribution >= 0.6 is 0 Å². The molecule has 20 heavy (non-hydrogen) atoms. The Hall–Kier alpha value is -2.20. The second-order valence-corrected chi connectivity index (χ2v) is 4.44. The highest BCUT2D eigenvalue weighted by Crippen LogP contribution is 2.32. The lowest BCUT2D eigenvalue weighted by atomic mass is 9.84. The Morgan fingerprint density at radius 1 is 1.15 bits per heavy atom. The van der Waals surface area contributed by atoms with E-state index in [2.05, 4.69) is 4.98 Å². The average molecular weight is 271 g/mol. The van der Waals surface area contributed by atoms with Gasteiger partial charge in [0.25, 0.3) is 0 Å². The Morgan fingerprint density at radius 2 is 1.75 bits per heavy atom. The van der Waals surface area contributed by atoms with Gasteiger partial charge in [0.05, 0.1) is 13.0 Å². The lowest BCUT2D eigenvalue weighted by Crippen LogP contribution is -2.31. The van der Waals surface area contributed by atoms with Crippen LogP contribution in [0.15, 0.2) is 54.9 Å². The van der Waals surface area contributed by atoms with E-state index in [9.17, 15) is 9.90 Å². The normalized spacial score (nSPS) is 13.5. The predicted octanol–water partition coefficient (Wildman–Crippen LogP) is 2.27.